The molecular formula is C17H13FO3. The van der Waals surface area contributed by atoms with Gasteiger partial charge in [0.1, 0.15) is 22.9 Å². The first-order valence-electron chi connectivity index (χ1n) is 6.64. The Balaban J connectivity index is 2.16. The maximum Gasteiger partial charge on any atom is 0.193 e. The molecule has 3 rings (SSSR count). The predicted molar refractivity (Wildman–Crippen MR) is 79.0 cm³/mol. The van der Waals surface area contributed by atoms with Crippen LogP contribution in [0.5, 0.6) is 5.75 Å². The molecule has 0 aliphatic rings. The molecule has 0 aliphatic carbocycles. The number of rotatable bonds is 3. The highest BCUT2D eigenvalue weighted by Gasteiger charge is 2.08. The van der Waals surface area contributed by atoms with Crippen molar-refractivity contribution in [1.29, 1.82) is 0 Å². The van der Waals surface area contributed by atoms with Crippen molar-refractivity contribution in [2.24, 2.45) is 0 Å². The molecule has 0 saturated heterocycles. The number of halogens is 1. The van der Waals surface area contributed by atoms with Gasteiger partial charge in [-0.05, 0) is 43.3 Å². The van der Waals surface area contributed by atoms with Gasteiger partial charge in [-0.25, -0.2) is 4.39 Å². The van der Waals surface area contributed by atoms with Gasteiger partial charge < -0.3 is 9.15 Å². The van der Waals surface area contributed by atoms with Crippen LogP contribution in [0.1, 0.15) is 6.92 Å². The van der Waals surface area contributed by atoms with Gasteiger partial charge in [-0.1, -0.05) is 0 Å². The summed E-state index contributed by atoms with van der Waals surface area (Å²) in [7, 11) is 0. The summed E-state index contributed by atoms with van der Waals surface area (Å²) in [4.78, 5) is 12.1. The molecule has 3 nitrogen and oxygen atoms in total. The van der Waals surface area contributed by atoms with Crippen LogP contribution in [0.15, 0.2) is 57.7 Å². The summed E-state index contributed by atoms with van der Waals surface area (Å²) >= 11 is 0. The van der Waals surface area contributed by atoms with Gasteiger partial charge in [0.15, 0.2) is 5.43 Å². The topological polar surface area (TPSA) is 39.4 Å². The van der Waals surface area contributed by atoms with Crippen LogP contribution in [0, 0.1) is 5.82 Å². The molecule has 21 heavy (non-hydrogen) atoms. The predicted octanol–water partition coefficient (Wildman–Crippen LogP) is 4.00. The second kappa shape index (κ2) is 5.40. The van der Waals surface area contributed by atoms with Crippen molar-refractivity contribution < 1.29 is 13.5 Å². The molecule has 0 saturated carbocycles. The molecule has 0 atom stereocenters. The van der Waals surface area contributed by atoms with Gasteiger partial charge >= 0.3 is 0 Å². The van der Waals surface area contributed by atoms with Crippen molar-refractivity contribution in [1.82, 2.24) is 0 Å². The van der Waals surface area contributed by atoms with Crippen molar-refractivity contribution in [3.05, 3.63) is 64.6 Å². The summed E-state index contributed by atoms with van der Waals surface area (Å²) < 4.78 is 24.1. The van der Waals surface area contributed by atoms with Crippen molar-refractivity contribution in [3.63, 3.8) is 0 Å². The minimum absolute atomic E-state index is 0.140. The standard InChI is InChI=1S/C17H13FO3/c1-2-20-13-7-8-14-15(19)10-16(21-17(14)9-13)11-3-5-12(18)6-4-11/h3-10H,2H2,1H3. The summed E-state index contributed by atoms with van der Waals surface area (Å²) in [6.45, 7) is 2.42. The first-order chi connectivity index (χ1) is 10.2. The van der Waals surface area contributed by atoms with E-state index in [2.05, 4.69) is 0 Å². The first-order valence-corrected chi connectivity index (χ1v) is 6.64. The Morgan fingerprint density at radius 2 is 1.86 bits per heavy atom. The second-order valence-corrected chi connectivity index (χ2v) is 4.57. The lowest BCUT2D eigenvalue weighted by Gasteiger charge is -2.06. The fraction of sp³-hybridized carbons (Fsp3) is 0.118. The fourth-order valence-electron chi connectivity index (χ4n) is 2.15. The van der Waals surface area contributed by atoms with E-state index in [-0.39, 0.29) is 11.2 Å². The number of hydrogen-bond acceptors (Lipinski definition) is 3. The Kier molecular flexibility index (Phi) is 3.44. The van der Waals surface area contributed by atoms with Gasteiger partial charge in [-0.15, -0.1) is 0 Å². The number of ether oxygens (including phenoxy) is 1. The monoisotopic (exact) mass is 284 g/mol. The van der Waals surface area contributed by atoms with Gasteiger partial charge in [0.2, 0.25) is 0 Å². The maximum atomic E-state index is 13.0. The van der Waals surface area contributed by atoms with Crippen LogP contribution in [-0.2, 0) is 0 Å². The van der Waals surface area contributed by atoms with Crippen molar-refractivity contribution in [3.8, 4) is 17.1 Å². The van der Waals surface area contributed by atoms with Gasteiger partial charge in [0.05, 0.1) is 12.0 Å². The molecule has 1 heterocycles. The van der Waals surface area contributed by atoms with E-state index in [1.807, 2.05) is 6.92 Å². The summed E-state index contributed by atoms with van der Waals surface area (Å²) in [6, 6.07) is 12.3. The third-order valence-corrected chi connectivity index (χ3v) is 3.14. The Bertz CT molecular complexity index is 835. The fourth-order valence-corrected chi connectivity index (χ4v) is 2.15. The third kappa shape index (κ3) is 2.65. The molecule has 0 bridgehead atoms. The van der Waals surface area contributed by atoms with Crippen LogP contribution >= 0.6 is 0 Å². The van der Waals surface area contributed by atoms with Crippen LogP contribution in [0.3, 0.4) is 0 Å². The average Bonchev–Trinajstić information content (AvgIpc) is 2.48. The molecule has 4 heteroatoms. The molecule has 0 amide bonds. The normalized spacial score (nSPS) is 10.8. The second-order valence-electron chi connectivity index (χ2n) is 4.57. The van der Waals surface area contributed by atoms with E-state index in [1.54, 1.807) is 30.3 Å². The summed E-state index contributed by atoms with van der Waals surface area (Å²) in [5, 5.41) is 0.490. The maximum absolute atomic E-state index is 13.0. The van der Waals surface area contributed by atoms with Crippen molar-refractivity contribution >= 4 is 11.0 Å². The minimum atomic E-state index is -0.333. The highest BCUT2D eigenvalue weighted by molar-refractivity contribution is 5.80. The molecule has 0 radical (unpaired) electrons. The van der Waals surface area contributed by atoms with Crippen LogP contribution in [-0.4, -0.2) is 6.61 Å². The van der Waals surface area contributed by atoms with Gasteiger partial charge in [-0.3, -0.25) is 4.79 Å². The summed E-state index contributed by atoms with van der Waals surface area (Å²) in [6.07, 6.45) is 0. The molecule has 0 unspecified atom stereocenters. The largest absolute Gasteiger partial charge is 0.494 e. The molecule has 0 N–H and O–H groups in total. The van der Waals surface area contributed by atoms with Crippen LogP contribution < -0.4 is 10.2 Å². The Morgan fingerprint density at radius 1 is 1.10 bits per heavy atom. The third-order valence-electron chi connectivity index (χ3n) is 3.14. The first kappa shape index (κ1) is 13.4. The molecule has 3 aromatic rings. The lowest BCUT2D eigenvalue weighted by Crippen LogP contribution is -2.01. The Labute approximate surface area is 120 Å². The minimum Gasteiger partial charge on any atom is -0.494 e. The van der Waals surface area contributed by atoms with E-state index in [0.29, 0.717) is 34.6 Å². The van der Waals surface area contributed by atoms with Gasteiger partial charge in [-0.2, -0.15) is 0 Å². The smallest absolute Gasteiger partial charge is 0.193 e. The Hall–Kier alpha value is -2.62. The number of hydrogen-bond donors (Lipinski definition) is 0. The zero-order chi connectivity index (χ0) is 14.8. The quantitative estimate of drug-likeness (QED) is 0.729. The van der Waals surface area contributed by atoms with E-state index in [9.17, 15) is 9.18 Å². The SMILES string of the molecule is CCOc1ccc2c(=O)cc(-c3ccc(F)cc3)oc2c1. The molecule has 0 fully saturated rings. The molecule has 106 valence electrons. The summed E-state index contributed by atoms with van der Waals surface area (Å²) in [5.41, 5.74) is 0.962. The highest BCUT2D eigenvalue weighted by atomic mass is 19.1. The summed E-state index contributed by atoms with van der Waals surface area (Å²) in [5.74, 6) is 0.714. The van der Waals surface area contributed by atoms with Gasteiger partial charge in [0.25, 0.3) is 0 Å². The molecule has 0 aliphatic heterocycles. The van der Waals surface area contributed by atoms with E-state index in [1.165, 1.54) is 18.2 Å². The van der Waals surface area contributed by atoms with Crippen molar-refractivity contribution in [2.75, 3.05) is 6.61 Å². The zero-order valence-electron chi connectivity index (χ0n) is 11.4. The van der Waals surface area contributed by atoms with Crippen LogP contribution in [0.25, 0.3) is 22.3 Å². The number of fused-ring (bicyclic) bond motifs is 1. The molecule has 2 aromatic carbocycles. The van der Waals surface area contributed by atoms with E-state index in [0.717, 1.165) is 0 Å². The van der Waals surface area contributed by atoms with Crippen LogP contribution in [0.4, 0.5) is 4.39 Å². The lowest BCUT2D eigenvalue weighted by molar-refractivity contribution is 0.340. The Morgan fingerprint density at radius 3 is 2.57 bits per heavy atom. The molecule has 0 spiro atoms. The van der Waals surface area contributed by atoms with E-state index in [4.69, 9.17) is 9.15 Å². The zero-order valence-corrected chi connectivity index (χ0v) is 11.4. The van der Waals surface area contributed by atoms with Crippen LogP contribution in [0.2, 0.25) is 0 Å². The van der Waals surface area contributed by atoms with E-state index >= 15 is 0 Å². The highest BCUT2D eigenvalue weighted by Crippen LogP contribution is 2.25. The molecule has 1 aromatic heterocycles. The molecular weight excluding hydrogens is 271 g/mol. The number of benzene rings is 2. The van der Waals surface area contributed by atoms with Crippen molar-refractivity contribution in [2.45, 2.75) is 6.92 Å². The average molecular weight is 284 g/mol. The van der Waals surface area contributed by atoms with E-state index < -0.39 is 0 Å². The lowest BCUT2D eigenvalue weighted by atomic mass is 10.1. The van der Waals surface area contributed by atoms with Gasteiger partial charge in [0, 0.05) is 17.7 Å².